The zero-order valence-corrected chi connectivity index (χ0v) is 15.6. The molecular formula is C17H21N3O4S. The van der Waals surface area contributed by atoms with Gasteiger partial charge in [-0.15, -0.1) is 0 Å². The predicted octanol–water partition coefficient (Wildman–Crippen LogP) is 2.30. The number of nitrogens with one attached hydrogen (secondary N) is 3. The number of aromatic amines is 1. The lowest BCUT2D eigenvalue weighted by atomic mass is 10.1. The molecule has 2 aromatic rings. The molecule has 0 spiro atoms. The molecule has 0 atom stereocenters. The molecule has 1 aromatic heterocycles. The van der Waals surface area contributed by atoms with Crippen molar-refractivity contribution in [3.63, 3.8) is 0 Å². The third-order valence-corrected chi connectivity index (χ3v) is 5.58. The normalized spacial score (nSPS) is 11.4. The zero-order valence-electron chi connectivity index (χ0n) is 14.8. The molecule has 0 fully saturated rings. The number of ketones is 1. The predicted molar refractivity (Wildman–Crippen MR) is 95.6 cm³/mol. The summed E-state index contributed by atoms with van der Waals surface area (Å²) in [6.45, 7) is 6.54. The standard InChI is InChI=1S/C17H21N3O4S/c1-9-6-7-13(8-14(9)25(23,24)18-5)20-17(22)16-10(2)15(12(4)21)11(3)19-16/h6-8,18-19H,1-5H3,(H,20,22). The quantitative estimate of drug-likeness (QED) is 0.708. The molecule has 0 aliphatic carbocycles. The Kier molecular flexibility index (Phi) is 5.15. The van der Waals surface area contributed by atoms with Crippen LogP contribution in [-0.2, 0) is 10.0 Å². The number of sulfonamides is 1. The van der Waals surface area contributed by atoms with E-state index in [9.17, 15) is 18.0 Å². The molecule has 0 saturated heterocycles. The van der Waals surface area contributed by atoms with E-state index in [0.717, 1.165) is 0 Å². The van der Waals surface area contributed by atoms with Gasteiger partial charge < -0.3 is 10.3 Å². The Labute approximate surface area is 146 Å². The third kappa shape index (κ3) is 3.64. The van der Waals surface area contributed by atoms with Crippen molar-refractivity contribution in [2.24, 2.45) is 0 Å². The molecule has 0 aliphatic rings. The number of carbonyl (C=O) groups is 2. The summed E-state index contributed by atoms with van der Waals surface area (Å²) >= 11 is 0. The van der Waals surface area contributed by atoms with Gasteiger partial charge in [0.05, 0.1) is 4.90 Å². The Morgan fingerprint density at radius 2 is 1.76 bits per heavy atom. The minimum Gasteiger partial charge on any atom is -0.354 e. The number of hydrogen-bond acceptors (Lipinski definition) is 4. The van der Waals surface area contributed by atoms with Crippen LogP contribution in [-0.4, -0.2) is 32.1 Å². The molecule has 1 aromatic carbocycles. The van der Waals surface area contributed by atoms with E-state index in [1.165, 1.54) is 20.0 Å². The number of anilines is 1. The van der Waals surface area contributed by atoms with Crippen molar-refractivity contribution in [3.05, 3.63) is 46.3 Å². The molecule has 25 heavy (non-hydrogen) atoms. The summed E-state index contributed by atoms with van der Waals surface area (Å²) in [5, 5.41) is 2.67. The summed E-state index contributed by atoms with van der Waals surface area (Å²) in [5.41, 5.74) is 2.88. The molecule has 0 saturated carbocycles. The fraction of sp³-hybridized carbons (Fsp3) is 0.294. The van der Waals surface area contributed by atoms with Crippen LogP contribution in [0.3, 0.4) is 0 Å². The molecule has 7 nitrogen and oxygen atoms in total. The van der Waals surface area contributed by atoms with Gasteiger partial charge in [-0.25, -0.2) is 13.1 Å². The molecule has 8 heteroatoms. The summed E-state index contributed by atoms with van der Waals surface area (Å²) < 4.78 is 26.3. The van der Waals surface area contributed by atoms with E-state index in [0.29, 0.717) is 28.1 Å². The third-order valence-electron chi connectivity index (χ3n) is 4.02. The average molecular weight is 363 g/mol. The molecule has 1 amide bonds. The van der Waals surface area contributed by atoms with Crippen LogP contribution in [0.5, 0.6) is 0 Å². The van der Waals surface area contributed by atoms with Gasteiger partial charge in [-0.3, -0.25) is 9.59 Å². The summed E-state index contributed by atoms with van der Waals surface area (Å²) in [5.74, 6) is -0.562. The largest absolute Gasteiger partial charge is 0.354 e. The van der Waals surface area contributed by atoms with Gasteiger partial charge in [-0.05, 0) is 58.0 Å². The minimum absolute atomic E-state index is 0.0941. The molecular weight excluding hydrogens is 342 g/mol. The van der Waals surface area contributed by atoms with Gasteiger partial charge in [0.1, 0.15) is 5.69 Å². The molecule has 0 radical (unpaired) electrons. The number of H-pyrrole nitrogens is 1. The lowest BCUT2D eigenvalue weighted by Crippen LogP contribution is -2.20. The van der Waals surface area contributed by atoms with E-state index < -0.39 is 15.9 Å². The summed E-state index contributed by atoms with van der Waals surface area (Å²) in [6, 6.07) is 4.64. The summed E-state index contributed by atoms with van der Waals surface area (Å²) in [6.07, 6.45) is 0. The number of Topliss-reactive ketones (excluding diaryl/α,β-unsaturated/α-hetero) is 1. The highest BCUT2D eigenvalue weighted by Crippen LogP contribution is 2.22. The second-order valence-electron chi connectivity index (χ2n) is 5.82. The molecule has 134 valence electrons. The molecule has 2 rings (SSSR count). The van der Waals surface area contributed by atoms with E-state index >= 15 is 0 Å². The van der Waals surface area contributed by atoms with E-state index in [4.69, 9.17) is 0 Å². The van der Waals surface area contributed by atoms with Crippen LogP contribution in [0.1, 0.15) is 44.6 Å². The summed E-state index contributed by atoms with van der Waals surface area (Å²) in [4.78, 5) is 27.2. The van der Waals surface area contributed by atoms with Gasteiger partial charge in [0.25, 0.3) is 5.91 Å². The van der Waals surface area contributed by atoms with Crippen LogP contribution in [0.4, 0.5) is 5.69 Å². The maximum absolute atomic E-state index is 12.5. The number of hydrogen-bond donors (Lipinski definition) is 3. The van der Waals surface area contributed by atoms with Crippen molar-refractivity contribution in [1.29, 1.82) is 0 Å². The number of rotatable bonds is 5. The molecule has 3 N–H and O–H groups in total. The minimum atomic E-state index is -3.63. The second kappa shape index (κ2) is 6.81. The molecule has 0 unspecified atom stereocenters. The number of aryl methyl sites for hydroxylation is 2. The van der Waals surface area contributed by atoms with Crippen molar-refractivity contribution in [1.82, 2.24) is 9.71 Å². The first-order valence-electron chi connectivity index (χ1n) is 7.64. The van der Waals surface area contributed by atoms with E-state index in [1.54, 1.807) is 32.9 Å². The van der Waals surface area contributed by atoms with Crippen LogP contribution in [0.25, 0.3) is 0 Å². The van der Waals surface area contributed by atoms with Crippen molar-refractivity contribution in [3.8, 4) is 0 Å². The van der Waals surface area contributed by atoms with Crippen LogP contribution in [0, 0.1) is 20.8 Å². The Balaban J connectivity index is 2.38. The van der Waals surface area contributed by atoms with Gasteiger partial charge in [0, 0.05) is 16.9 Å². The Morgan fingerprint density at radius 1 is 1.12 bits per heavy atom. The molecule has 0 aliphatic heterocycles. The second-order valence-corrected chi connectivity index (χ2v) is 7.68. The van der Waals surface area contributed by atoms with Gasteiger partial charge >= 0.3 is 0 Å². The van der Waals surface area contributed by atoms with Gasteiger partial charge in [0.2, 0.25) is 10.0 Å². The van der Waals surface area contributed by atoms with Crippen molar-refractivity contribution in [2.75, 3.05) is 12.4 Å². The average Bonchev–Trinajstić information content (AvgIpc) is 2.83. The highest BCUT2D eigenvalue weighted by molar-refractivity contribution is 7.89. The zero-order chi connectivity index (χ0) is 18.9. The monoisotopic (exact) mass is 363 g/mol. The van der Waals surface area contributed by atoms with Crippen LogP contribution < -0.4 is 10.0 Å². The fourth-order valence-corrected chi connectivity index (χ4v) is 3.77. The number of carbonyl (C=O) groups excluding carboxylic acids is 2. The van der Waals surface area contributed by atoms with E-state index in [1.807, 2.05) is 0 Å². The van der Waals surface area contributed by atoms with Crippen molar-refractivity contribution < 1.29 is 18.0 Å². The van der Waals surface area contributed by atoms with Gasteiger partial charge in [-0.1, -0.05) is 6.07 Å². The van der Waals surface area contributed by atoms with E-state index in [2.05, 4.69) is 15.0 Å². The van der Waals surface area contributed by atoms with Crippen LogP contribution in [0.2, 0.25) is 0 Å². The highest BCUT2D eigenvalue weighted by Gasteiger charge is 2.21. The number of benzene rings is 1. The van der Waals surface area contributed by atoms with Crippen LogP contribution >= 0.6 is 0 Å². The highest BCUT2D eigenvalue weighted by atomic mass is 32.2. The van der Waals surface area contributed by atoms with Crippen molar-refractivity contribution in [2.45, 2.75) is 32.6 Å². The smallest absolute Gasteiger partial charge is 0.272 e. The molecule has 0 bridgehead atoms. The first-order chi connectivity index (χ1) is 11.6. The maximum Gasteiger partial charge on any atom is 0.272 e. The topological polar surface area (TPSA) is 108 Å². The van der Waals surface area contributed by atoms with Gasteiger partial charge in [-0.2, -0.15) is 0 Å². The van der Waals surface area contributed by atoms with Gasteiger partial charge in [0.15, 0.2) is 5.78 Å². The van der Waals surface area contributed by atoms with Crippen molar-refractivity contribution >= 4 is 27.4 Å². The lowest BCUT2D eigenvalue weighted by Gasteiger charge is -2.10. The Morgan fingerprint density at radius 3 is 2.28 bits per heavy atom. The first-order valence-corrected chi connectivity index (χ1v) is 9.12. The fourth-order valence-electron chi connectivity index (χ4n) is 2.78. The lowest BCUT2D eigenvalue weighted by molar-refractivity contribution is 0.101. The Bertz CT molecular complexity index is 959. The number of aromatic nitrogens is 1. The maximum atomic E-state index is 12.5. The number of amides is 1. The van der Waals surface area contributed by atoms with E-state index in [-0.39, 0.29) is 16.4 Å². The summed E-state index contributed by atoms with van der Waals surface area (Å²) in [7, 11) is -2.30. The molecule has 1 heterocycles. The van der Waals surface area contributed by atoms with Crippen LogP contribution in [0.15, 0.2) is 23.1 Å². The SMILES string of the molecule is CNS(=O)(=O)c1cc(NC(=O)c2[nH]c(C)c(C(C)=O)c2C)ccc1C. The Hall–Kier alpha value is -2.45. The first kappa shape index (κ1) is 18.9.